The summed E-state index contributed by atoms with van der Waals surface area (Å²) in [5, 5.41) is 0. The first-order valence-electron chi connectivity index (χ1n) is 9.19. The largest absolute Gasteiger partial charge is 0.454 e. The number of hydrogen-bond acceptors (Lipinski definition) is 4. The molecule has 3 aliphatic heterocycles. The second kappa shape index (κ2) is 7.59. The Hall–Kier alpha value is -1.83. The van der Waals surface area contributed by atoms with E-state index in [-0.39, 0.29) is 0 Å². The van der Waals surface area contributed by atoms with Gasteiger partial charge in [-0.15, -0.1) is 0 Å². The molecule has 2 saturated heterocycles. The number of benzene rings is 1. The normalized spacial score (nSPS) is 21.5. The number of fused-ring (bicyclic) bond motifs is 1. The van der Waals surface area contributed by atoms with Crippen LogP contribution in [0.2, 0.25) is 0 Å². The lowest BCUT2D eigenvalue weighted by Gasteiger charge is -2.33. The van der Waals surface area contributed by atoms with Gasteiger partial charge in [0.2, 0.25) is 6.79 Å². The van der Waals surface area contributed by atoms with Gasteiger partial charge in [-0.1, -0.05) is 0 Å². The number of quaternary nitrogens is 2. The van der Waals surface area contributed by atoms with E-state index in [1.54, 1.807) is 0 Å². The third-order valence-corrected chi connectivity index (χ3v) is 5.32. The number of hydrogen-bond donors (Lipinski definition) is 2. The van der Waals surface area contributed by atoms with Crippen molar-refractivity contribution in [2.24, 2.45) is 0 Å². The molecule has 0 aromatic heterocycles. The van der Waals surface area contributed by atoms with E-state index in [1.807, 2.05) is 11.0 Å². The summed E-state index contributed by atoms with van der Waals surface area (Å²) in [6, 6.07) is 6.18. The zero-order valence-electron chi connectivity index (χ0n) is 14.6. The van der Waals surface area contributed by atoms with Crippen molar-refractivity contribution in [3.05, 3.63) is 23.8 Å². The molecule has 25 heavy (non-hydrogen) atoms. The Morgan fingerprint density at radius 2 is 1.76 bits per heavy atom. The predicted octanol–water partition coefficient (Wildman–Crippen LogP) is -2.44. The maximum Gasteiger partial charge on any atom is 0.278 e. The lowest BCUT2D eigenvalue weighted by molar-refractivity contribution is -0.918. The van der Waals surface area contributed by atoms with Crippen molar-refractivity contribution in [1.82, 2.24) is 4.90 Å². The van der Waals surface area contributed by atoms with Crippen LogP contribution in [0.4, 0.5) is 0 Å². The standard InChI is InChI=1S/C18H25N3O4/c22-18(13-20-7-9-23-10-8-20)21-5-3-19(4-6-21)12-15-1-2-16-17(11-15)25-14-24-16/h1-2,11H,3-10,12-14H2/p+2. The Labute approximate surface area is 148 Å². The zero-order valence-corrected chi connectivity index (χ0v) is 14.6. The smallest absolute Gasteiger partial charge is 0.278 e. The summed E-state index contributed by atoms with van der Waals surface area (Å²) in [5.74, 6) is 1.97. The van der Waals surface area contributed by atoms with Gasteiger partial charge in [0.05, 0.1) is 39.4 Å². The Morgan fingerprint density at radius 3 is 2.56 bits per heavy atom. The van der Waals surface area contributed by atoms with Gasteiger partial charge in [-0.2, -0.15) is 0 Å². The number of rotatable bonds is 4. The van der Waals surface area contributed by atoms with E-state index in [0.717, 1.165) is 70.5 Å². The highest BCUT2D eigenvalue weighted by atomic mass is 16.7. The van der Waals surface area contributed by atoms with Crippen molar-refractivity contribution in [2.45, 2.75) is 6.54 Å². The van der Waals surface area contributed by atoms with Crippen molar-refractivity contribution in [3.63, 3.8) is 0 Å². The molecule has 136 valence electrons. The second-order valence-electron chi connectivity index (χ2n) is 7.03. The molecule has 1 aromatic rings. The fraction of sp³-hybridized carbons (Fsp3) is 0.611. The van der Waals surface area contributed by atoms with E-state index in [4.69, 9.17) is 14.2 Å². The first-order chi connectivity index (χ1) is 12.3. The van der Waals surface area contributed by atoms with E-state index in [9.17, 15) is 4.79 Å². The molecule has 2 N–H and O–H groups in total. The number of carbonyl (C=O) groups is 1. The Bertz CT molecular complexity index is 610. The maximum absolute atomic E-state index is 12.5. The molecule has 0 spiro atoms. The monoisotopic (exact) mass is 349 g/mol. The number of carbonyl (C=O) groups excluding carboxylic acids is 1. The van der Waals surface area contributed by atoms with Gasteiger partial charge in [0.15, 0.2) is 18.0 Å². The van der Waals surface area contributed by atoms with Crippen LogP contribution < -0.4 is 19.3 Å². The number of nitrogens with one attached hydrogen (secondary N) is 2. The van der Waals surface area contributed by atoms with Gasteiger partial charge in [0.1, 0.15) is 19.6 Å². The van der Waals surface area contributed by atoms with E-state index in [1.165, 1.54) is 15.4 Å². The average molecular weight is 349 g/mol. The highest BCUT2D eigenvalue weighted by molar-refractivity contribution is 5.77. The number of amides is 1. The third kappa shape index (κ3) is 4.05. The molecule has 0 aliphatic carbocycles. The SMILES string of the molecule is O=C(C[NH+]1CCOCC1)N1CC[NH+](Cc2ccc3c(c2)OCO3)CC1. The van der Waals surface area contributed by atoms with Crippen molar-refractivity contribution in [3.8, 4) is 11.5 Å². The molecular weight excluding hydrogens is 322 g/mol. The molecule has 1 amide bonds. The molecular formula is C18H27N3O4+2. The topological polar surface area (TPSA) is 56.9 Å². The Balaban J connectivity index is 1.24. The van der Waals surface area contributed by atoms with Gasteiger partial charge in [0.25, 0.3) is 5.91 Å². The minimum Gasteiger partial charge on any atom is -0.454 e. The molecule has 2 fully saturated rings. The highest BCUT2D eigenvalue weighted by Gasteiger charge is 2.27. The third-order valence-electron chi connectivity index (χ3n) is 5.32. The maximum atomic E-state index is 12.5. The minimum atomic E-state index is 0.291. The molecule has 3 heterocycles. The molecule has 0 bridgehead atoms. The van der Waals surface area contributed by atoms with Crippen molar-refractivity contribution < 1.29 is 28.8 Å². The van der Waals surface area contributed by atoms with Gasteiger partial charge in [-0.05, 0) is 18.2 Å². The number of ether oxygens (including phenoxy) is 3. The fourth-order valence-corrected chi connectivity index (χ4v) is 3.75. The van der Waals surface area contributed by atoms with Crippen LogP contribution in [-0.2, 0) is 16.1 Å². The molecule has 0 atom stereocenters. The molecule has 7 nitrogen and oxygen atoms in total. The quantitative estimate of drug-likeness (QED) is 0.634. The molecule has 7 heteroatoms. The lowest BCUT2D eigenvalue weighted by atomic mass is 10.1. The van der Waals surface area contributed by atoms with Gasteiger partial charge in [0, 0.05) is 5.56 Å². The summed E-state index contributed by atoms with van der Waals surface area (Å²) in [4.78, 5) is 17.4. The summed E-state index contributed by atoms with van der Waals surface area (Å²) in [6.07, 6.45) is 0. The van der Waals surface area contributed by atoms with Gasteiger partial charge >= 0.3 is 0 Å². The van der Waals surface area contributed by atoms with Crippen LogP contribution in [0.3, 0.4) is 0 Å². The van der Waals surface area contributed by atoms with E-state index >= 15 is 0 Å². The molecule has 1 aromatic carbocycles. The molecule has 0 radical (unpaired) electrons. The van der Waals surface area contributed by atoms with Crippen LogP contribution in [0.5, 0.6) is 11.5 Å². The van der Waals surface area contributed by atoms with E-state index in [2.05, 4.69) is 12.1 Å². The van der Waals surface area contributed by atoms with Gasteiger partial charge in [-0.25, -0.2) is 0 Å². The number of nitrogens with zero attached hydrogens (tertiary/aromatic N) is 1. The van der Waals surface area contributed by atoms with Crippen molar-refractivity contribution in [2.75, 3.05) is 65.8 Å². The summed E-state index contributed by atoms with van der Waals surface area (Å²) in [6.45, 7) is 9.03. The molecule has 3 aliphatic rings. The minimum absolute atomic E-state index is 0.291. The highest BCUT2D eigenvalue weighted by Crippen LogP contribution is 2.32. The number of morpholine rings is 1. The lowest BCUT2D eigenvalue weighted by Crippen LogP contribution is -3.16. The van der Waals surface area contributed by atoms with E-state index in [0.29, 0.717) is 19.2 Å². The average Bonchev–Trinajstić information content (AvgIpc) is 3.11. The molecule has 4 rings (SSSR count). The van der Waals surface area contributed by atoms with Crippen molar-refractivity contribution >= 4 is 5.91 Å². The molecule has 0 unspecified atom stereocenters. The summed E-state index contributed by atoms with van der Waals surface area (Å²) in [5.41, 5.74) is 1.26. The van der Waals surface area contributed by atoms with Crippen LogP contribution in [0.15, 0.2) is 18.2 Å². The zero-order chi connectivity index (χ0) is 17.1. The Kier molecular flexibility index (Phi) is 5.05. The second-order valence-corrected chi connectivity index (χ2v) is 7.03. The van der Waals surface area contributed by atoms with Crippen LogP contribution in [0, 0.1) is 0 Å². The van der Waals surface area contributed by atoms with Gasteiger partial charge < -0.3 is 28.9 Å². The van der Waals surface area contributed by atoms with Crippen LogP contribution in [0.25, 0.3) is 0 Å². The predicted molar refractivity (Wildman–Crippen MR) is 89.9 cm³/mol. The van der Waals surface area contributed by atoms with E-state index < -0.39 is 0 Å². The fourth-order valence-electron chi connectivity index (χ4n) is 3.75. The van der Waals surface area contributed by atoms with Crippen LogP contribution in [-0.4, -0.2) is 76.6 Å². The first kappa shape index (κ1) is 16.6. The van der Waals surface area contributed by atoms with Crippen LogP contribution in [0.1, 0.15) is 5.56 Å². The first-order valence-corrected chi connectivity index (χ1v) is 9.19. The summed E-state index contributed by atoms with van der Waals surface area (Å²) in [7, 11) is 0. The Morgan fingerprint density at radius 1 is 1.00 bits per heavy atom. The summed E-state index contributed by atoms with van der Waals surface area (Å²) >= 11 is 0. The van der Waals surface area contributed by atoms with Crippen molar-refractivity contribution in [1.29, 1.82) is 0 Å². The van der Waals surface area contributed by atoms with Crippen LogP contribution >= 0.6 is 0 Å². The van der Waals surface area contributed by atoms with Gasteiger partial charge in [-0.3, -0.25) is 4.79 Å². The number of piperazine rings is 1. The summed E-state index contributed by atoms with van der Waals surface area (Å²) < 4.78 is 16.2. The molecule has 0 saturated carbocycles.